The summed E-state index contributed by atoms with van der Waals surface area (Å²) in [7, 11) is 0. The van der Waals surface area contributed by atoms with Gasteiger partial charge in [0.2, 0.25) is 0 Å². The van der Waals surface area contributed by atoms with Crippen LogP contribution < -0.4 is 14.9 Å². The number of ether oxygens (including phenoxy) is 2. The monoisotopic (exact) mass is 510 g/mol. The minimum atomic E-state index is -0.454. The predicted octanol–water partition coefficient (Wildman–Crippen LogP) is 7.04. The third kappa shape index (κ3) is 6.30. The minimum absolute atomic E-state index is 0.184. The molecule has 166 valence electrons. The van der Waals surface area contributed by atoms with Crippen LogP contribution in [0.2, 0.25) is 20.1 Å². The molecule has 0 atom stereocenters. The first-order valence-electron chi connectivity index (χ1n) is 9.50. The first-order chi connectivity index (χ1) is 15.4. The van der Waals surface area contributed by atoms with Gasteiger partial charge in [-0.1, -0.05) is 52.5 Å². The zero-order valence-electron chi connectivity index (χ0n) is 16.9. The highest BCUT2D eigenvalue weighted by Crippen LogP contribution is 2.31. The smallest absolute Gasteiger partial charge is 0.272 e. The van der Waals surface area contributed by atoms with Crippen molar-refractivity contribution in [1.82, 2.24) is 5.43 Å². The van der Waals surface area contributed by atoms with Gasteiger partial charge < -0.3 is 9.47 Å². The second kappa shape index (κ2) is 11.4. The molecule has 0 heterocycles. The highest BCUT2D eigenvalue weighted by atomic mass is 35.5. The summed E-state index contributed by atoms with van der Waals surface area (Å²) in [5.41, 5.74) is 4.08. The van der Waals surface area contributed by atoms with Gasteiger partial charge in [-0.25, -0.2) is 5.43 Å². The van der Waals surface area contributed by atoms with E-state index in [-0.39, 0.29) is 17.2 Å². The Bertz CT molecular complexity index is 1130. The number of hydrogen-bond acceptors (Lipinski definition) is 4. The summed E-state index contributed by atoms with van der Waals surface area (Å²) in [6.45, 7) is 2.49. The largest absolute Gasteiger partial charge is 0.490 e. The Morgan fingerprint density at radius 3 is 2.38 bits per heavy atom. The number of carbonyl (C=O) groups is 1. The molecular formula is C23H18Cl4N2O3. The first kappa shape index (κ1) is 24.2. The van der Waals surface area contributed by atoms with Gasteiger partial charge in [0.1, 0.15) is 6.61 Å². The van der Waals surface area contributed by atoms with Crippen molar-refractivity contribution in [2.75, 3.05) is 6.61 Å². The maximum atomic E-state index is 12.2. The van der Waals surface area contributed by atoms with Gasteiger partial charge in [0.15, 0.2) is 11.5 Å². The second-order valence-corrected chi connectivity index (χ2v) is 8.11. The average Bonchev–Trinajstić information content (AvgIpc) is 2.74. The number of amides is 1. The number of hydrazone groups is 1. The van der Waals surface area contributed by atoms with Crippen LogP contribution in [-0.4, -0.2) is 18.7 Å². The van der Waals surface area contributed by atoms with Crippen molar-refractivity contribution >= 4 is 58.5 Å². The van der Waals surface area contributed by atoms with Crippen LogP contribution in [0.25, 0.3) is 0 Å². The lowest BCUT2D eigenvalue weighted by Crippen LogP contribution is -2.18. The van der Waals surface area contributed by atoms with E-state index in [1.165, 1.54) is 18.3 Å². The van der Waals surface area contributed by atoms with Crippen LogP contribution in [0.3, 0.4) is 0 Å². The third-order valence-electron chi connectivity index (χ3n) is 4.26. The van der Waals surface area contributed by atoms with E-state index in [0.29, 0.717) is 44.3 Å². The third-order valence-corrected chi connectivity index (χ3v) is 5.51. The molecule has 0 fully saturated rings. The number of hydrogen-bond donors (Lipinski definition) is 1. The van der Waals surface area contributed by atoms with E-state index >= 15 is 0 Å². The summed E-state index contributed by atoms with van der Waals surface area (Å²) in [5, 5.41) is 5.71. The molecule has 3 aromatic carbocycles. The topological polar surface area (TPSA) is 59.9 Å². The molecule has 0 unspecified atom stereocenters. The molecule has 0 radical (unpaired) electrons. The standard InChI is InChI=1S/C23H18Cl4N2O3/c1-2-31-22-10-14(12-28-29-23(30)16-8-7-15(24)11-20(16)27)6-9-21(22)32-13-17-18(25)4-3-5-19(17)26/h3-12H,2,13H2,1H3,(H,29,30)/b28-12-. The lowest BCUT2D eigenvalue weighted by atomic mass is 10.2. The van der Waals surface area contributed by atoms with Crippen LogP contribution in [0.4, 0.5) is 0 Å². The molecule has 5 nitrogen and oxygen atoms in total. The molecule has 1 N–H and O–H groups in total. The second-order valence-electron chi connectivity index (χ2n) is 6.45. The summed E-state index contributed by atoms with van der Waals surface area (Å²) < 4.78 is 11.6. The fraction of sp³-hybridized carbons (Fsp3) is 0.130. The van der Waals surface area contributed by atoms with E-state index in [1.54, 1.807) is 42.5 Å². The molecule has 0 aromatic heterocycles. The summed E-state index contributed by atoms with van der Waals surface area (Å²) >= 11 is 24.3. The molecule has 1 amide bonds. The van der Waals surface area contributed by atoms with Crippen LogP contribution in [0.5, 0.6) is 11.5 Å². The van der Waals surface area contributed by atoms with Gasteiger partial charge in [-0.05, 0) is 61.0 Å². The van der Waals surface area contributed by atoms with Crippen LogP contribution in [0, 0.1) is 0 Å². The minimum Gasteiger partial charge on any atom is -0.490 e. The zero-order valence-corrected chi connectivity index (χ0v) is 19.9. The molecule has 0 spiro atoms. The van der Waals surface area contributed by atoms with Crippen LogP contribution in [0.1, 0.15) is 28.4 Å². The molecule has 0 aliphatic carbocycles. The summed E-state index contributed by atoms with van der Waals surface area (Å²) in [6.07, 6.45) is 1.49. The highest BCUT2D eigenvalue weighted by Gasteiger charge is 2.11. The van der Waals surface area contributed by atoms with Crippen LogP contribution in [0.15, 0.2) is 59.7 Å². The number of halogens is 4. The highest BCUT2D eigenvalue weighted by molar-refractivity contribution is 6.37. The van der Waals surface area contributed by atoms with Crippen molar-refractivity contribution in [2.45, 2.75) is 13.5 Å². The fourth-order valence-electron chi connectivity index (χ4n) is 2.71. The fourth-order valence-corrected chi connectivity index (χ4v) is 3.71. The van der Waals surface area contributed by atoms with E-state index < -0.39 is 5.91 Å². The number of nitrogens with zero attached hydrogens (tertiary/aromatic N) is 1. The molecule has 32 heavy (non-hydrogen) atoms. The van der Waals surface area contributed by atoms with E-state index in [1.807, 2.05) is 6.92 Å². The Hall–Kier alpha value is -2.44. The summed E-state index contributed by atoms with van der Waals surface area (Å²) in [5.74, 6) is 0.591. The molecule has 3 rings (SSSR count). The van der Waals surface area contributed by atoms with Gasteiger partial charge >= 0.3 is 0 Å². The Morgan fingerprint density at radius 2 is 1.69 bits per heavy atom. The van der Waals surface area contributed by atoms with E-state index in [2.05, 4.69) is 10.5 Å². The zero-order chi connectivity index (χ0) is 23.1. The molecule has 0 saturated heterocycles. The molecule has 9 heteroatoms. The van der Waals surface area contributed by atoms with Crippen molar-refractivity contribution in [1.29, 1.82) is 0 Å². The lowest BCUT2D eigenvalue weighted by Gasteiger charge is -2.14. The summed E-state index contributed by atoms with van der Waals surface area (Å²) in [4.78, 5) is 12.2. The molecule has 3 aromatic rings. The quantitative estimate of drug-likeness (QED) is 0.260. The molecule has 0 aliphatic heterocycles. The van der Waals surface area contributed by atoms with Crippen LogP contribution in [-0.2, 0) is 6.61 Å². The lowest BCUT2D eigenvalue weighted by molar-refractivity contribution is 0.0955. The Labute approximate surface area is 205 Å². The van der Waals surface area contributed by atoms with Crippen molar-refractivity contribution in [2.24, 2.45) is 5.10 Å². The molecular weight excluding hydrogens is 494 g/mol. The first-order valence-corrected chi connectivity index (χ1v) is 11.0. The van der Waals surface area contributed by atoms with Gasteiger partial charge in [0.05, 0.1) is 23.4 Å². The van der Waals surface area contributed by atoms with Crippen LogP contribution >= 0.6 is 46.4 Å². The Kier molecular flexibility index (Phi) is 8.65. The van der Waals surface area contributed by atoms with Crippen molar-refractivity contribution < 1.29 is 14.3 Å². The van der Waals surface area contributed by atoms with Gasteiger partial charge in [-0.2, -0.15) is 5.10 Å². The number of benzene rings is 3. The van der Waals surface area contributed by atoms with Gasteiger partial charge in [-0.15, -0.1) is 0 Å². The average molecular weight is 512 g/mol. The van der Waals surface area contributed by atoms with Crippen molar-refractivity contribution in [3.63, 3.8) is 0 Å². The van der Waals surface area contributed by atoms with Gasteiger partial charge in [-0.3, -0.25) is 4.79 Å². The van der Waals surface area contributed by atoms with E-state index in [9.17, 15) is 4.79 Å². The van der Waals surface area contributed by atoms with Gasteiger partial charge in [0, 0.05) is 20.6 Å². The Morgan fingerprint density at radius 1 is 0.938 bits per heavy atom. The maximum Gasteiger partial charge on any atom is 0.272 e. The van der Waals surface area contributed by atoms with Crippen molar-refractivity contribution in [3.05, 3.63) is 91.4 Å². The SMILES string of the molecule is CCOc1cc(/C=N\NC(=O)c2ccc(Cl)cc2Cl)ccc1OCc1c(Cl)cccc1Cl. The summed E-state index contributed by atoms with van der Waals surface area (Å²) in [6, 6.07) is 15.1. The van der Waals surface area contributed by atoms with Crippen molar-refractivity contribution in [3.8, 4) is 11.5 Å². The van der Waals surface area contributed by atoms with Gasteiger partial charge in [0.25, 0.3) is 5.91 Å². The molecule has 0 bridgehead atoms. The predicted molar refractivity (Wildman–Crippen MR) is 130 cm³/mol. The molecule has 0 aliphatic rings. The number of nitrogens with one attached hydrogen (secondary N) is 1. The number of carbonyl (C=O) groups excluding carboxylic acids is 1. The maximum absolute atomic E-state index is 12.2. The van der Waals surface area contributed by atoms with E-state index in [0.717, 1.165) is 0 Å². The molecule has 0 saturated carbocycles. The normalized spacial score (nSPS) is 10.9. The Balaban J connectivity index is 1.70. The number of rotatable bonds is 8. The van der Waals surface area contributed by atoms with E-state index in [4.69, 9.17) is 55.9 Å².